The highest BCUT2D eigenvalue weighted by Gasteiger charge is 2.35. The summed E-state index contributed by atoms with van der Waals surface area (Å²) in [6.07, 6.45) is 0. The van der Waals surface area contributed by atoms with Crippen molar-refractivity contribution >= 4 is 39.4 Å². The normalized spacial score (nSPS) is 24.8. The number of halogens is 1. The van der Waals surface area contributed by atoms with Gasteiger partial charge in [-0.15, -0.1) is 11.8 Å². The van der Waals surface area contributed by atoms with Crippen LogP contribution < -0.4 is 10.9 Å². The summed E-state index contributed by atoms with van der Waals surface area (Å²) in [5.74, 6) is 1.06. The molecule has 0 spiro atoms. The molecule has 0 aromatic rings. The number of alkyl halides is 1. The van der Waals surface area contributed by atoms with Crippen molar-refractivity contribution in [2.45, 2.75) is 30.4 Å². The lowest BCUT2D eigenvalue weighted by atomic mass is 9.96. The van der Waals surface area contributed by atoms with Gasteiger partial charge >= 0.3 is 0 Å². The largest absolute Gasteiger partial charge is 0.266 e. The Balaban J connectivity index is 2.81. The number of hydrogen-bond acceptors (Lipinski definition) is 4. The minimum Gasteiger partial charge on any atom is -0.266 e. The van der Waals surface area contributed by atoms with Gasteiger partial charge in [-0.2, -0.15) is 0 Å². The van der Waals surface area contributed by atoms with Crippen LogP contribution in [0.15, 0.2) is 17.1 Å². The fraction of sp³-hybridized carbons (Fsp3) is 0.700. The first-order valence-electron chi connectivity index (χ1n) is 5.02. The van der Waals surface area contributed by atoms with Crippen molar-refractivity contribution in [3.05, 3.63) is 12.2 Å². The van der Waals surface area contributed by atoms with Gasteiger partial charge in [0.1, 0.15) is 4.05 Å². The number of hydrogen-bond donors (Lipinski definition) is 2. The van der Waals surface area contributed by atoms with Crippen LogP contribution in [0.3, 0.4) is 0 Å². The van der Waals surface area contributed by atoms with Crippen molar-refractivity contribution in [1.29, 1.82) is 0 Å². The van der Waals surface area contributed by atoms with Gasteiger partial charge in [0.2, 0.25) is 0 Å². The molecule has 2 N–H and O–H groups in total. The molecule has 0 fully saturated rings. The second kappa shape index (κ2) is 5.65. The topological polar surface area (TPSA) is 36.4 Å². The molecule has 1 aliphatic heterocycles. The van der Waals surface area contributed by atoms with Gasteiger partial charge in [0.05, 0.1) is 10.6 Å². The Morgan fingerprint density at radius 1 is 1.80 bits per heavy atom. The van der Waals surface area contributed by atoms with Gasteiger partial charge < -0.3 is 0 Å². The number of aliphatic imine (C=N–C) groups is 1. The highest BCUT2D eigenvalue weighted by atomic mass is 127. The van der Waals surface area contributed by atoms with Gasteiger partial charge in [-0.3, -0.25) is 10.4 Å². The minimum absolute atomic E-state index is 0.236. The Labute approximate surface area is 110 Å². The summed E-state index contributed by atoms with van der Waals surface area (Å²) in [5.41, 5.74) is 7.31. The lowest BCUT2D eigenvalue weighted by Gasteiger charge is -2.31. The van der Waals surface area contributed by atoms with Crippen molar-refractivity contribution in [2.24, 2.45) is 4.99 Å². The van der Waals surface area contributed by atoms with Crippen molar-refractivity contribution in [1.82, 2.24) is 10.9 Å². The van der Waals surface area contributed by atoms with Gasteiger partial charge in [-0.05, 0) is 13.8 Å². The fourth-order valence-corrected chi connectivity index (χ4v) is 3.32. The molecule has 0 aromatic heterocycles. The van der Waals surface area contributed by atoms with Crippen LogP contribution >= 0.6 is 34.4 Å². The Bertz CT molecular complexity index is 280. The van der Waals surface area contributed by atoms with Crippen molar-refractivity contribution in [3.63, 3.8) is 0 Å². The minimum atomic E-state index is -0.236. The molecule has 1 rings (SSSR count). The summed E-state index contributed by atoms with van der Waals surface area (Å²) in [7, 11) is 0. The smallest absolute Gasteiger partial charge is 0.111 e. The molecule has 1 heterocycles. The Morgan fingerprint density at radius 3 is 2.87 bits per heavy atom. The number of hydrazine groups is 1. The van der Waals surface area contributed by atoms with Crippen molar-refractivity contribution in [2.75, 3.05) is 12.3 Å². The maximum absolute atomic E-state index is 4.64. The monoisotopic (exact) mass is 339 g/mol. The summed E-state index contributed by atoms with van der Waals surface area (Å²) < 4.78 is 0.393. The molecule has 0 radical (unpaired) electrons. The van der Waals surface area contributed by atoms with Crippen molar-refractivity contribution in [3.8, 4) is 0 Å². The summed E-state index contributed by atoms with van der Waals surface area (Å²) >= 11 is 4.18. The van der Waals surface area contributed by atoms with Crippen LogP contribution in [0.4, 0.5) is 0 Å². The van der Waals surface area contributed by atoms with Gasteiger partial charge in [0, 0.05) is 12.3 Å². The zero-order chi connectivity index (χ0) is 11.5. The zero-order valence-corrected chi connectivity index (χ0v) is 12.4. The molecular formula is C10H18IN3S. The van der Waals surface area contributed by atoms with E-state index in [1.54, 1.807) is 0 Å². The van der Waals surface area contributed by atoms with E-state index in [1.165, 1.54) is 0 Å². The van der Waals surface area contributed by atoms with Crippen LogP contribution in [0.1, 0.15) is 20.8 Å². The van der Waals surface area contributed by atoms with Crippen molar-refractivity contribution < 1.29 is 0 Å². The third kappa shape index (κ3) is 3.18. The predicted octanol–water partition coefficient (Wildman–Crippen LogP) is 2.34. The van der Waals surface area contributed by atoms with Crippen LogP contribution in [-0.2, 0) is 0 Å². The molecule has 3 nitrogen and oxygen atoms in total. The molecule has 15 heavy (non-hydrogen) atoms. The fourth-order valence-electron chi connectivity index (χ4n) is 1.23. The molecule has 0 amide bonds. The third-order valence-electron chi connectivity index (χ3n) is 2.41. The van der Waals surface area contributed by atoms with Crippen LogP contribution in [-0.4, -0.2) is 26.9 Å². The Kier molecular flexibility index (Phi) is 5.08. The highest BCUT2D eigenvalue weighted by Crippen LogP contribution is 2.31. The maximum Gasteiger partial charge on any atom is 0.111 e. The first-order chi connectivity index (χ1) is 7.00. The van der Waals surface area contributed by atoms with Crippen LogP contribution in [0.25, 0.3) is 0 Å². The average Bonchev–Trinajstić information content (AvgIpc) is 2.61. The molecule has 2 atom stereocenters. The van der Waals surface area contributed by atoms with E-state index in [0.29, 0.717) is 4.05 Å². The van der Waals surface area contributed by atoms with Crippen LogP contribution in [0.2, 0.25) is 0 Å². The SMILES string of the molecule is C=C(C)C(C)(NNCC)C1=N[C@H](I)CS1. The lowest BCUT2D eigenvalue weighted by Crippen LogP contribution is -2.55. The summed E-state index contributed by atoms with van der Waals surface area (Å²) in [6, 6.07) is 0. The van der Waals surface area contributed by atoms with E-state index in [4.69, 9.17) is 0 Å². The number of rotatable bonds is 5. The molecule has 1 aliphatic rings. The van der Waals surface area contributed by atoms with E-state index in [2.05, 4.69) is 58.9 Å². The molecule has 5 heteroatoms. The van der Waals surface area contributed by atoms with Gasteiger partial charge in [0.25, 0.3) is 0 Å². The van der Waals surface area contributed by atoms with Gasteiger partial charge in [-0.25, -0.2) is 5.43 Å². The Hall–Kier alpha value is 0.410. The first-order valence-corrected chi connectivity index (χ1v) is 7.25. The van der Waals surface area contributed by atoms with Crippen LogP contribution in [0, 0.1) is 0 Å². The van der Waals surface area contributed by atoms with E-state index in [1.807, 2.05) is 18.7 Å². The van der Waals surface area contributed by atoms with Gasteiger partial charge in [-0.1, -0.05) is 41.7 Å². The van der Waals surface area contributed by atoms with E-state index in [-0.39, 0.29) is 5.54 Å². The maximum atomic E-state index is 4.64. The standard InChI is InChI=1S/C10H18IN3S/c1-5-12-14-10(4,7(2)3)9-13-8(11)6-15-9/h8,12,14H,2,5-6H2,1,3-4H3/t8-,10?/m0/s1. The van der Waals surface area contributed by atoms with Gasteiger partial charge in [0.15, 0.2) is 0 Å². The third-order valence-corrected chi connectivity index (χ3v) is 5.00. The molecule has 0 bridgehead atoms. The molecular weight excluding hydrogens is 321 g/mol. The summed E-state index contributed by atoms with van der Waals surface area (Å²) in [6.45, 7) is 11.2. The molecule has 0 saturated carbocycles. The molecule has 0 aliphatic carbocycles. The summed E-state index contributed by atoms with van der Waals surface area (Å²) in [4.78, 5) is 4.64. The number of thioether (sulfide) groups is 1. The summed E-state index contributed by atoms with van der Waals surface area (Å²) in [5, 5.41) is 1.13. The first kappa shape index (κ1) is 13.5. The van der Waals surface area contributed by atoms with E-state index in [9.17, 15) is 0 Å². The quantitative estimate of drug-likeness (QED) is 0.265. The second-order valence-electron chi connectivity index (χ2n) is 3.74. The zero-order valence-electron chi connectivity index (χ0n) is 9.43. The number of nitrogens with zero attached hydrogens (tertiary/aromatic N) is 1. The molecule has 0 aromatic carbocycles. The second-order valence-corrected chi connectivity index (χ2v) is 6.19. The van der Waals surface area contributed by atoms with E-state index >= 15 is 0 Å². The molecule has 86 valence electrons. The Morgan fingerprint density at radius 2 is 2.47 bits per heavy atom. The average molecular weight is 339 g/mol. The highest BCUT2D eigenvalue weighted by molar-refractivity contribution is 14.1. The molecule has 0 saturated heterocycles. The molecule has 1 unspecified atom stereocenters. The lowest BCUT2D eigenvalue weighted by molar-refractivity contribution is 0.447. The predicted molar refractivity (Wildman–Crippen MR) is 77.7 cm³/mol. The van der Waals surface area contributed by atoms with E-state index < -0.39 is 0 Å². The van der Waals surface area contributed by atoms with E-state index in [0.717, 1.165) is 22.9 Å². The number of nitrogens with one attached hydrogen (secondary N) is 2. The van der Waals surface area contributed by atoms with Crippen LogP contribution in [0.5, 0.6) is 0 Å².